The number of anilines is 3. The van der Waals surface area contributed by atoms with Crippen LogP contribution >= 0.6 is 0 Å². The molecule has 0 fully saturated rings. The Kier molecular flexibility index (Phi) is 5.43. The predicted molar refractivity (Wildman–Crippen MR) is 113 cm³/mol. The van der Waals surface area contributed by atoms with E-state index in [9.17, 15) is 14.9 Å². The first-order valence-electron chi connectivity index (χ1n) is 9.24. The summed E-state index contributed by atoms with van der Waals surface area (Å²) in [5.74, 6) is -0.526. The standard InChI is InChI=1S/C21H17N5O5/c1-30-21(27)14-9-5-6-10-15(14)23-16-11-17(22-12-13-7-3-2-4-8-13)20(26(28)29)19-18(16)24-31-25-19/h2-11,22-23H,12H2,1H3. The molecule has 0 amide bonds. The highest BCUT2D eigenvalue weighted by molar-refractivity contribution is 6.02. The minimum Gasteiger partial charge on any atom is -0.465 e. The normalized spacial score (nSPS) is 10.6. The Morgan fingerprint density at radius 1 is 1.03 bits per heavy atom. The molecule has 4 rings (SSSR count). The lowest BCUT2D eigenvalue weighted by Gasteiger charge is -2.13. The number of rotatable bonds is 7. The lowest BCUT2D eigenvalue weighted by molar-refractivity contribution is -0.382. The lowest BCUT2D eigenvalue weighted by atomic mass is 10.1. The Hall–Kier alpha value is -4.47. The van der Waals surface area contributed by atoms with Gasteiger partial charge in [-0.05, 0) is 34.1 Å². The van der Waals surface area contributed by atoms with E-state index in [1.165, 1.54) is 7.11 Å². The summed E-state index contributed by atoms with van der Waals surface area (Å²) in [5, 5.41) is 25.5. The van der Waals surface area contributed by atoms with Gasteiger partial charge in [-0.3, -0.25) is 10.1 Å². The molecule has 0 aliphatic carbocycles. The minimum absolute atomic E-state index is 0.0129. The maximum Gasteiger partial charge on any atom is 0.339 e. The number of methoxy groups -OCH3 is 1. The summed E-state index contributed by atoms with van der Waals surface area (Å²) in [6, 6.07) is 17.7. The molecule has 4 aromatic rings. The van der Waals surface area contributed by atoms with Crippen LogP contribution < -0.4 is 10.6 Å². The molecule has 2 N–H and O–H groups in total. The predicted octanol–water partition coefficient (Wildman–Crippen LogP) is 4.27. The smallest absolute Gasteiger partial charge is 0.339 e. The number of hydrogen-bond acceptors (Lipinski definition) is 9. The molecule has 0 saturated carbocycles. The Labute approximate surface area is 175 Å². The zero-order chi connectivity index (χ0) is 21.8. The van der Waals surface area contributed by atoms with Gasteiger partial charge in [-0.15, -0.1) is 0 Å². The Morgan fingerprint density at radius 3 is 2.48 bits per heavy atom. The molecule has 10 heteroatoms. The van der Waals surface area contributed by atoms with E-state index in [4.69, 9.17) is 9.37 Å². The molecule has 0 spiro atoms. The number of aromatic nitrogens is 2. The number of carbonyl (C=O) groups excluding carboxylic acids is 1. The summed E-state index contributed by atoms with van der Waals surface area (Å²) in [7, 11) is 1.29. The number of benzene rings is 3. The van der Waals surface area contributed by atoms with E-state index in [1.54, 1.807) is 30.3 Å². The van der Waals surface area contributed by atoms with Crippen LogP contribution in [0.4, 0.5) is 22.7 Å². The molecular formula is C21H17N5O5. The zero-order valence-corrected chi connectivity index (χ0v) is 16.4. The van der Waals surface area contributed by atoms with Gasteiger partial charge in [-0.2, -0.15) is 0 Å². The molecule has 156 valence electrons. The van der Waals surface area contributed by atoms with Crippen molar-refractivity contribution < 1.29 is 19.1 Å². The lowest BCUT2D eigenvalue weighted by Crippen LogP contribution is -2.07. The zero-order valence-electron chi connectivity index (χ0n) is 16.4. The van der Waals surface area contributed by atoms with Crippen LogP contribution in [0.2, 0.25) is 0 Å². The van der Waals surface area contributed by atoms with Crippen molar-refractivity contribution in [2.45, 2.75) is 6.54 Å². The van der Waals surface area contributed by atoms with Crippen LogP contribution in [0.15, 0.2) is 65.3 Å². The second-order valence-corrected chi connectivity index (χ2v) is 6.54. The van der Waals surface area contributed by atoms with Crippen LogP contribution in [-0.4, -0.2) is 28.3 Å². The molecule has 0 aliphatic heterocycles. The van der Waals surface area contributed by atoms with Crippen LogP contribution in [0.25, 0.3) is 11.0 Å². The summed E-state index contributed by atoms with van der Waals surface area (Å²) in [6.07, 6.45) is 0. The number of hydrogen-bond donors (Lipinski definition) is 2. The highest BCUT2D eigenvalue weighted by Crippen LogP contribution is 2.38. The molecule has 0 atom stereocenters. The molecule has 0 bridgehead atoms. The van der Waals surface area contributed by atoms with Crippen LogP contribution in [0.3, 0.4) is 0 Å². The Balaban J connectivity index is 1.78. The first kappa shape index (κ1) is 19.8. The van der Waals surface area contributed by atoms with Gasteiger partial charge in [0.25, 0.3) is 0 Å². The number of fused-ring (bicyclic) bond motifs is 1. The van der Waals surface area contributed by atoms with E-state index in [2.05, 4.69) is 20.9 Å². The third-order valence-electron chi connectivity index (χ3n) is 4.62. The third-order valence-corrected chi connectivity index (χ3v) is 4.62. The van der Waals surface area contributed by atoms with Crippen LogP contribution in [0, 0.1) is 10.1 Å². The fourth-order valence-corrected chi connectivity index (χ4v) is 3.16. The van der Waals surface area contributed by atoms with E-state index in [0.717, 1.165) is 5.56 Å². The molecule has 0 aliphatic rings. The molecule has 1 aromatic heterocycles. The molecule has 1 heterocycles. The topological polar surface area (TPSA) is 132 Å². The van der Waals surface area contributed by atoms with Gasteiger partial charge < -0.3 is 15.4 Å². The van der Waals surface area contributed by atoms with Crippen molar-refractivity contribution in [3.63, 3.8) is 0 Å². The Morgan fingerprint density at radius 2 is 1.74 bits per heavy atom. The van der Waals surface area contributed by atoms with E-state index < -0.39 is 10.9 Å². The van der Waals surface area contributed by atoms with Gasteiger partial charge >= 0.3 is 11.7 Å². The second kappa shape index (κ2) is 8.49. The van der Waals surface area contributed by atoms with Crippen molar-refractivity contribution in [2.24, 2.45) is 0 Å². The minimum atomic E-state index is -0.536. The van der Waals surface area contributed by atoms with Crippen LogP contribution in [0.1, 0.15) is 15.9 Å². The van der Waals surface area contributed by atoms with Crippen molar-refractivity contribution in [1.82, 2.24) is 10.3 Å². The van der Waals surface area contributed by atoms with E-state index in [-0.39, 0.29) is 22.4 Å². The summed E-state index contributed by atoms with van der Waals surface area (Å²) in [4.78, 5) is 23.3. The second-order valence-electron chi connectivity index (χ2n) is 6.54. The Bertz CT molecular complexity index is 1260. The highest BCUT2D eigenvalue weighted by atomic mass is 16.6. The summed E-state index contributed by atoms with van der Waals surface area (Å²) in [5.41, 5.74) is 2.20. The van der Waals surface area contributed by atoms with Crippen molar-refractivity contribution >= 4 is 39.8 Å². The number of nitro benzene ring substituents is 1. The first-order valence-corrected chi connectivity index (χ1v) is 9.24. The molecular weight excluding hydrogens is 402 g/mol. The van der Waals surface area contributed by atoms with Gasteiger partial charge in [0.2, 0.25) is 5.52 Å². The molecule has 3 aromatic carbocycles. The fraction of sp³-hybridized carbons (Fsp3) is 0.0952. The number of para-hydroxylation sites is 1. The number of nitro groups is 1. The van der Waals surface area contributed by atoms with Gasteiger partial charge in [0.15, 0.2) is 5.52 Å². The third kappa shape index (κ3) is 3.99. The van der Waals surface area contributed by atoms with Gasteiger partial charge in [-0.1, -0.05) is 42.5 Å². The molecule has 0 unspecified atom stereocenters. The van der Waals surface area contributed by atoms with E-state index >= 15 is 0 Å². The SMILES string of the molecule is COC(=O)c1ccccc1Nc1cc(NCc2ccccc2)c([N+](=O)[O-])c2nonc12. The van der Waals surface area contributed by atoms with Gasteiger partial charge in [-0.25, -0.2) is 9.42 Å². The van der Waals surface area contributed by atoms with Crippen LogP contribution in [0.5, 0.6) is 0 Å². The summed E-state index contributed by atoms with van der Waals surface area (Å²) < 4.78 is 9.61. The summed E-state index contributed by atoms with van der Waals surface area (Å²) >= 11 is 0. The summed E-state index contributed by atoms with van der Waals surface area (Å²) in [6.45, 7) is 0.358. The number of nitrogens with one attached hydrogen (secondary N) is 2. The van der Waals surface area contributed by atoms with Gasteiger partial charge in [0.1, 0.15) is 5.69 Å². The average Bonchev–Trinajstić information content (AvgIpc) is 3.28. The fourth-order valence-electron chi connectivity index (χ4n) is 3.16. The van der Waals surface area contributed by atoms with Crippen molar-refractivity contribution in [1.29, 1.82) is 0 Å². The number of ether oxygens (including phenoxy) is 1. The molecule has 0 radical (unpaired) electrons. The van der Waals surface area contributed by atoms with E-state index in [1.807, 2.05) is 30.3 Å². The molecule has 0 saturated heterocycles. The monoisotopic (exact) mass is 419 g/mol. The number of nitrogens with zero attached hydrogens (tertiary/aromatic N) is 3. The molecule has 10 nitrogen and oxygen atoms in total. The maximum absolute atomic E-state index is 12.1. The number of carbonyl (C=O) groups is 1. The largest absolute Gasteiger partial charge is 0.465 e. The molecule has 31 heavy (non-hydrogen) atoms. The van der Waals surface area contributed by atoms with Crippen molar-refractivity contribution in [2.75, 3.05) is 17.7 Å². The van der Waals surface area contributed by atoms with Crippen molar-refractivity contribution in [3.8, 4) is 0 Å². The van der Waals surface area contributed by atoms with Crippen molar-refractivity contribution in [3.05, 3.63) is 81.9 Å². The average molecular weight is 419 g/mol. The van der Waals surface area contributed by atoms with Gasteiger partial charge in [0.05, 0.1) is 29.0 Å². The van der Waals surface area contributed by atoms with Gasteiger partial charge in [0, 0.05) is 6.54 Å². The van der Waals surface area contributed by atoms with Crippen LogP contribution in [-0.2, 0) is 11.3 Å². The van der Waals surface area contributed by atoms with E-state index in [0.29, 0.717) is 23.5 Å². The highest BCUT2D eigenvalue weighted by Gasteiger charge is 2.26. The maximum atomic E-state index is 12.1. The number of esters is 1. The quantitative estimate of drug-likeness (QED) is 0.256. The first-order chi connectivity index (χ1) is 15.1.